The van der Waals surface area contributed by atoms with E-state index in [0.29, 0.717) is 6.79 Å². The number of hydrogen-bond acceptors (Lipinski definition) is 4. The molecule has 0 saturated carbocycles. The normalized spacial score (nSPS) is 23.3. The van der Waals surface area contributed by atoms with Gasteiger partial charge in [-0.3, -0.25) is 4.90 Å². The number of hydrogen-bond donors (Lipinski definition) is 1. The van der Waals surface area contributed by atoms with E-state index in [2.05, 4.69) is 26.9 Å². The van der Waals surface area contributed by atoms with E-state index in [1.54, 1.807) is 0 Å². The minimum Gasteiger partial charge on any atom is -0.454 e. The summed E-state index contributed by atoms with van der Waals surface area (Å²) in [6, 6.07) is 4.09. The maximum atomic E-state index is 9.67. The lowest BCUT2D eigenvalue weighted by atomic mass is 10.1. The largest absolute Gasteiger partial charge is 0.454 e. The monoisotopic (exact) mass is 313 g/mol. The predicted molar refractivity (Wildman–Crippen MR) is 70.8 cm³/mol. The first-order chi connectivity index (χ1) is 8.72. The van der Waals surface area contributed by atoms with Gasteiger partial charge in [-0.05, 0) is 53.0 Å². The Bertz CT molecular complexity index is 452. The summed E-state index contributed by atoms with van der Waals surface area (Å²) >= 11 is 3.50. The highest BCUT2D eigenvalue weighted by Crippen LogP contribution is 2.40. The van der Waals surface area contributed by atoms with Crippen molar-refractivity contribution in [3.05, 3.63) is 22.2 Å². The van der Waals surface area contributed by atoms with Crippen molar-refractivity contribution in [2.75, 3.05) is 19.9 Å². The molecule has 1 N–H and O–H groups in total. The molecule has 1 atom stereocenters. The number of likely N-dealkylation sites (tertiary alicyclic amines) is 1. The summed E-state index contributed by atoms with van der Waals surface area (Å²) < 4.78 is 11.7. The highest BCUT2D eigenvalue weighted by molar-refractivity contribution is 9.10. The third-order valence-corrected chi connectivity index (χ3v) is 3.96. The lowest BCUT2D eigenvalue weighted by Crippen LogP contribution is -2.37. The van der Waals surface area contributed by atoms with Crippen molar-refractivity contribution in [3.63, 3.8) is 0 Å². The SMILES string of the molecule is OC1CCCN(Cc2cc(Br)c3c(c2)OCO3)C1. The van der Waals surface area contributed by atoms with Crippen molar-refractivity contribution in [1.29, 1.82) is 0 Å². The zero-order chi connectivity index (χ0) is 12.5. The van der Waals surface area contributed by atoms with Gasteiger partial charge < -0.3 is 14.6 Å². The fraction of sp³-hybridized carbons (Fsp3) is 0.538. The summed E-state index contributed by atoms with van der Waals surface area (Å²) in [6.45, 7) is 2.93. The molecule has 2 aliphatic heterocycles. The van der Waals surface area contributed by atoms with Gasteiger partial charge in [0.2, 0.25) is 6.79 Å². The van der Waals surface area contributed by atoms with E-state index in [9.17, 15) is 5.11 Å². The predicted octanol–water partition coefficient (Wildman–Crippen LogP) is 2.13. The Kier molecular flexibility index (Phi) is 3.46. The van der Waals surface area contributed by atoms with E-state index in [0.717, 1.165) is 48.4 Å². The number of fused-ring (bicyclic) bond motifs is 1. The Morgan fingerprint density at radius 1 is 1.39 bits per heavy atom. The van der Waals surface area contributed by atoms with Gasteiger partial charge in [0, 0.05) is 13.1 Å². The Labute approximate surface area is 115 Å². The van der Waals surface area contributed by atoms with Crippen LogP contribution in [0.2, 0.25) is 0 Å². The minimum absolute atomic E-state index is 0.184. The van der Waals surface area contributed by atoms with Gasteiger partial charge >= 0.3 is 0 Å². The molecule has 18 heavy (non-hydrogen) atoms. The second-order valence-electron chi connectivity index (χ2n) is 4.84. The van der Waals surface area contributed by atoms with Crippen molar-refractivity contribution in [3.8, 4) is 11.5 Å². The van der Waals surface area contributed by atoms with Gasteiger partial charge in [0.15, 0.2) is 11.5 Å². The molecule has 98 valence electrons. The number of aliphatic hydroxyl groups excluding tert-OH is 1. The summed E-state index contributed by atoms with van der Waals surface area (Å²) in [6.07, 6.45) is 1.80. The second-order valence-corrected chi connectivity index (χ2v) is 5.70. The summed E-state index contributed by atoms with van der Waals surface area (Å²) in [5.41, 5.74) is 1.18. The summed E-state index contributed by atoms with van der Waals surface area (Å²) in [5.74, 6) is 1.59. The van der Waals surface area contributed by atoms with E-state index in [-0.39, 0.29) is 6.10 Å². The molecule has 1 saturated heterocycles. The maximum absolute atomic E-state index is 9.67. The fourth-order valence-corrected chi connectivity index (χ4v) is 3.15. The van der Waals surface area contributed by atoms with Crippen LogP contribution >= 0.6 is 15.9 Å². The fourth-order valence-electron chi connectivity index (χ4n) is 2.54. The van der Waals surface area contributed by atoms with Gasteiger partial charge in [0.25, 0.3) is 0 Å². The molecule has 2 heterocycles. The third kappa shape index (κ3) is 2.48. The van der Waals surface area contributed by atoms with Crippen molar-refractivity contribution in [1.82, 2.24) is 4.90 Å². The molecule has 2 aliphatic rings. The number of benzene rings is 1. The lowest BCUT2D eigenvalue weighted by molar-refractivity contribution is 0.0668. The van der Waals surface area contributed by atoms with Crippen molar-refractivity contribution < 1.29 is 14.6 Å². The quantitative estimate of drug-likeness (QED) is 0.908. The van der Waals surface area contributed by atoms with E-state index >= 15 is 0 Å². The van der Waals surface area contributed by atoms with Crippen LogP contribution in [0.15, 0.2) is 16.6 Å². The van der Waals surface area contributed by atoms with Crippen LogP contribution in [0.25, 0.3) is 0 Å². The van der Waals surface area contributed by atoms with Crippen LogP contribution in [0.5, 0.6) is 11.5 Å². The summed E-state index contributed by atoms with van der Waals surface area (Å²) in [4.78, 5) is 2.28. The Morgan fingerprint density at radius 2 is 2.28 bits per heavy atom. The summed E-state index contributed by atoms with van der Waals surface area (Å²) in [5, 5.41) is 9.67. The molecule has 1 aromatic rings. The number of β-amino-alcohol motifs (C(OH)–C–C–N with tert-alkyl or cyclic N) is 1. The molecule has 0 aromatic heterocycles. The average Bonchev–Trinajstić information content (AvgIpc) is 2.77. The highest BCUT2D eigenvalue weighted by Gasteiger charge is 2.21. The Hall–Kier alpha value is -0.780. The van der Waals surface area contributed by atoms with Gasteiger partial charge in [-0.2, -0.15) is 0 Å². The van der Waals surface area contributed by atoms with Crippen LogP contribution in [-0.2, 0) is 6.54 Å². The molecule has 0 amide bonds. The standard InChI is InChI=1S/C13H16BrNO3/c14-11-4-9(5-12-13(11)18-8-17-12)6-15-3-1-2-10(16)7-15/h4-5,10,16H,1-3,6-8H2. The van der Waals surface area contributed by atoms with Crippen LogP contribution in [0.4, 0.5) is 0 Å². The van der Waals surface area contributed by atoms with Gasteiger partial charge in [0.05, 0.1) is 10.6 Å². The molecular formula is C13H16BrNO3. The Morgan fingerprint density at radius 3 is 3.11 bits per heavy atom. The van der Waals surface area contributed by atoms with Crippen LogP contribution in [0.3, 0.4) is 0 Å². The van der Waals surface area contributed by atoms with Crippen LogP contribution < -0.4 is 9.47 Å². The molecule has 0 bridgehead atoms. The molecule has 0 spiro atoms. The first-order valence-corrected chi connectivity index (χ1v) is 7.00. The zero-order valence-corrected chi connectivity index (χ0v) is 11.6. The first kappa shape index (κ1) is 12.3. The molecule has 1 fully saturated rings. The minimum atomic E-state index is -0.184. The molecular weight excluding hydrogens is 298 g/mol. The first-order valence-electron chi connectivity index (χ1n) is 6.21. The topological polar surface area (TPSA) is 41.9 Å². The molecule has 5 heteroatoms. The van der Waals surface area contributed by atoms with E-state index < -0.39 is 0 Å². The second kappa shape index (κ2) is 5.07. The van der Waals surface area contributed by atoms with Crippen LogP contribution in [0.1, 0.15) is 18.4 Å². The lowest BCUT2D eigenvalue weighted by Gasteiger charge is -2.30. The zero-order valence-electron chi connectivity index (χ0n) is 10.1. The smallest absolute Gasteiger partial charge is 0.231 e. The van der Waals surface area contributed by atoms with Gasteiger partial charge in [-0.15, -0.1) is 0 Å². The highest BCUT2D eigenvalue weighted by atomic mass is 79.9. The van der Waals surface area contributed by atoms with E-state index in [1.807, 2.05) is 6.07 Å². The van der Waals surface area contributed by atoms with Crippen molar-refractivity contribution >= 4 is 15.9 Å². The average molecular weight is 314 g/mol. The van der Waals surface area contributed by atoms with Gasteiger partial charge in [-0.1, -0.05) is 0 Å². The molecule has 1 aromatic carbocycles. The number of piperidine rings is 1. The Balaban J connectivity index is 1.75. The number of halogens is 1. The number of aliphatic hydroxyl groups is 1. The molecule has 0 radical (unpaired) electrons. The third-order valence-electron chi connectivity index (χ3n) is 3.37. The number of nitrogens with zero attached hydrogens (tertiary/aromatic N) is 1. The van der Waals surface area contributed by atoms with Gasteiger partial charge in [-0.25, -0.2) is 0 Å². The van der Waals surface area contributed by atoms with Gasteiger partial charge in [0.1, 0.15) is 0 Å². The summed E-state index contributed by atoms with van der Waals surface area (Å²) in [7, 11) is 0. The number of ether oxygens (including phenoxy) is 2. The van der Waals surface area contributed by atoms with E-state index in [1.165, 1.54) is 5.56 Å². The molecule has 1 unspecified atom stereocenters. The van der Waals surface area contributed by atoms with Crippen LogP contribution in [-0.4, -0.2) is 36.0 Å². The van der Waals surface area contributed by atoms with E-state index in [4.69, 9.17) is 9.47 Å². The molecule has 4 nitrogen and oxygen atoms in total. The number of rotatable bonds is 2. The molecule has 0 aliphatic carbocycles. The molecule has 3 rings (SSSR count). The van der Waals surface area contributed by atoms with Crippen LogP contribution in [0, 0.1) is 0 Å². The maximum Gasteiger partial charge on any atom is 0.231 e. The van der Waals surface area contributed by atoms with Crippen molar-refractivity contribution in [2.45, 2.75) is 25.5 Å². The van der Waals surface area contributed by atoms with Crippen molar-refractivity contribution in [2.24, 2.45) is 0 Å².